The van der Waals surface area contributed by atoms with Gasteiger partial charge in [-0.2, -0.15) is 0 Å². The molecule has 1 aliphatic heterocycles. The van der Waals surface area contributed by atoms with Crippen LogP contribution < -0.4 is 4.90 Å². The number of carbonyl (C=O) groups excluding carboxylic acids is 1. The highest BCUT2D eigenvalue weighted by molar-refractivity contribution is 7.15. The quantitative estimate of drug-likeness (QED) is 0.599. The topological polar surface area (TPSA) is 62.2 Å². The minimum atomic E-state index is -0.359. The largest absolute Gasteiger partial charge is 0.343 e. The molecule has 5 rings (SSSR count). The van der Waals surface area contributed by atoms with Crippen molar-refractivity contribution in [3.63, 3.8) is 0 Å². The van der Waals surface area contributed by atoms with Crippen LogP contribution in [-0.4, -0.2) is 52.2 Å². The van der Waals surface area contributed by atoms with E-state index < -0.39 is 0 Å². The monoisotopic (exact) mass is 439 g/mol. The number of hydrogen-bond acceptors (Lipinski definition) is 6. The van der Waals surface area contributed by atoms with Crippen LogP contribution in [0.3, 0.4) is 0 Å². The normalized spacial score (nSPS) is 18.0. The Morgan fingerprint density at radius 1 is 1.06 bits per heavy atom. The number of aryl methyl sites for hydroxylation is 1. The van der Waals surface area contributed by atoms with Crippen molar-refractivity contribution in [2.45, 2.75) is 44.9 Å². The fourth-order valence-electron chi connectivity index (χ4n) is 4.65. The lowest BCUT2D eigenvalue weighted by atomic mass is 9.90. The minimum absolute atomic E-state index is 0.0686. The van der Waals surface area contributed by atoms with E-state index in [1.165, 1.54) is 44.2 Å². The van der Waals surface area contributed by atoms with Gasteiger partial charge in [0.05, 0.1) is 11.1 Å². The van der Waals surface area contributed by atoms with E-state index in [1.807, 2.05) is 11.8 Å². The summed E-state index contributed by atoms with van der Waals surface area (Å²) in [5, 5.41) is 11.6. The van der Waals surface area contributed by atoms with Crippen LogP contribution in [0, 0.1) is 12.7 Å². The zero-order chi connectivity index (χ0) is 21.4. The number of benzene rings is 1. The molecule has 6 nitrogen and oxygen atoms in total. The predicted octanol–water partition coefficient (Wildman–Crippen LogP) is 4.54. The van der Waals surface area contributed by atoms with Gasteiger partial charge >= 0.3 is 0 Å². The fourth-order valence-corrected chi connectivity index (χ4v) is 5.71. The second-order valence-electron chi connectivity index (χ2n) is 8.51. The number of pyridine rings is 1. The molecular formula is C23H26FN5OS. The molecule has 0 bridgehead atoms. The lowest BCUT2D eigenvalue weighted by molar-refractivity contribution is 0.0748. The van der Waals surface area contributed by atoms with E-state index in [0.29, 0.717) is 35.5 Å². The van der Waals surface area contributed by atoms with Gasteiger partial charge in [-0.25, -0.2) is 4.39 Å². The smallest absolute Gasteiger partial charge is 0.254 e. The van der Waals surface area contributed by atoms with Crippen molar-refractivity contribution in [1.82, 2.24) is 20.1 Å². The van der Waals surface area contributed by atoms with Crippen molar-refractivity contribution >= 4 is 33.3 Å². The summed E-state index contributed by atoms with van der Waals surface area (Å²) < 4.78 is 13.8. The Labute approximate surface area is 185 Å². The summed E-state index contributed by atoms with van der Waals surface area (Å²) in [6.07, 6.45) is 6.34. The third-order valence-electron chi connectivity index (χ3n) is 6.35. The fraction of sp³-hybridized carbons (Fsp3) is 0.478. The van der Waals surface area contributed by atoms with E-state index >= 15 is 0 Å². The van der Waals surface area contributed by atoms with Crippen molar-refractivity contribution in [2.24, 2.45) is 0 Å². The standard InChI is InChI=1S/C23H26FN5OS/c1-15-13-19(18-14-17(24)7-8-20(18)25-15)22(30)28-9-11-29(12-10-28)23-27-26-21(31-23)16-5-3-2-4-6-16/h7-8,13-14,16H,2-6,9-12H2,1H3. The zero-order valence-electron chi connectivity index (χ0n) is 17.7. The number of carbonyl (C=O) groups is 1. The van der Waals surface area contributed by atoms with Crippen molar-refractivity contribution in [2.75, 3.05) is 31.1 Å². The van der Waals surface area contributed by atoms with Crippen LogP contribution in [0.15, 0.2) is 24.3 Å². The average molecular weight is 440 g/mol. The first-order valence-corrected chi connectivity index (χ1v) is 11.8. The van der Waals surface area contributed by atoms with E-state index in [4.69, 9.17) is 0 Å². The number of aromatic nitrogens is 3. The molecule has 0 unspecified atom stereocenters. The number of rotatable bonds is 3. The third kappa shape index (κ3) is 4.13. The van der Waals surface area contributed by atoms with Gasteiger partial charge in [-0.3, -0.25) is 9.78 Å². The predicted molar refractivity (Wildman–Crippen MR) is 120 cm³/mol. The summed E-state index contributed by atoms with van der Waals surface area (Å²) in [7, 11) is 0. The van der Waals surface area contributed by atoms with Crippen molar-refractivity contribution in [1.29, 1.82) is 0 Å². The van der Waals surface area contributed by atoms with E-state index in [-0.39, 0.29) is 11.7 Å². The molecule has 2 aromatic heterocycles. The van der Waals surface area contributed by atoms with Gasteiger partial charge < -0.3 is 9.80 Å². The van der Waals surface area contributed by atoms with Crippen LogP contribution in [0.25, 0.3) is 10.9 Å². The highest BCUT2D eigenvalue weighted by Gasteiger charge is 2.27. The van der Waals surface area contributed by atoms with Gasteiger partial charge in [0.2, 0.25) is 5.13 Å². The lowest BCUT2D eigenvalue weighted by Gasteiger charge is -2.34. The average Bonchev–Trinajstić information content (AvgIpc) is 3.29. The summed E-state index contributed by atoms with van der Waals surface area (Å²) in [6, 6.07) is 6.17. The number of halogens is 1. The summed E-state index contributed by atoms with van der Waals surface area (Å²) in [5.41, 5.74) is 1.92. The highest BCUT2D eigenvalue weighted by Crippen LogP contribution is 2.36. The van der Waals surface area contributed by atoms with Gasteiger partial charge in [0, 0.05) is 43.2 Å². The number of fused-ring (bicyclic) bond motifs is 1. The van der Waals surface area contributed by atoms with Crippen LogP contribution in [0.5, 0.6) is 0 Å². The molecule has 2 fully saturated rings. The van der Waals surface area contributed by atoms with Crippen LogP contribution in [0.2, 0.25) is 0 Å². The van der Waals surface area contributed by atoms with E-state index in [0.717, 1.165) is 28.9 Å². The maximum Gasteiger partial charge on any atom is 0.254 e. The molecule has 162 valence electrons. The van der Waals surface area contributed by atoms with Crippen molar-refractivity contribution in [3.05, 3.63) is 46.3 Å². The molecule has 1 saturated heterocycles. The zero-order valence-corrected chi connectivity index (χ0v) is 18.5. The Kier molecular flexibility index (Phi) is 5.56. The van der Waals surface area contributed by atoms with E-state index in [9.17, 15) is 9.18 Å². The molecule has 1 aliphatic carbocycles. The lowest BCUT2D eigenvalue weighted by Crippen LogP contribution is -2.48. The summed E-state index contributed by atoms with van der Waals surface area (Å²) in [5.74, 6) is 0.134. The molecule has 31 heavy (non-hydrogen) atoms. The molecule has 2 aliphatic rings. The van der Waals surface area contributed by atoms with Crippen molar-refractivity contribution in [3.8, 4) is 0 Å². The minimum Gasteiger partial charge on any atom is -0.343 e. The van der Waals surface area contributed by atoms with Gasteiger partial charge in [-0.15, -0.1) is 10.2 Å². The number of hydrogen-bond donors (Lipinski definition) is 0. The second-order valence-corrected chi connectivity index (χ2v) is 9.50. The SMILES string of the molecule is Cc1cc(C(=O)N2CCN(c3nnc(C4CCCCC4)s3)CC2)c2cc(F)ccc2n1. The summed E-state index contributed by atoms with van der Waals surface area (Å²) in [4.78, 5) is 21.8. The molecule has 3 heterocycles. The molecular weight excluding hydrogens is 413 g/mol. The van der Waals surface area contributed by atoms with Gasteiger partial charge in [-0.05, 0) is 44.0 Å². The number of amides is 1. The van der Waals surface area contributed by atoms with Crippen LogP contribution in [-0.2, 0) is 0 Å². The number of piperazine rings is 1. The van der Waals surface area contributed by atoms with Gasteiger partial charge in [0.15, 0.2) is 0 Å². The Morgan fingerprint density at radius 3 is 2.61 bits per heavy atom. The first kappa shape index (κ1) is 20.3. The Balaban J connectivity index is 1.29. The molecule has 1 saturated carbocycles. The Bertz CT molecular complexity index is 1100. The van der Waals surface area contributed by atoms with Crippen LogP contribution >= 0.6 is 11.3 Å². The molecule has 0 spiro atoms. The number of nitrogens with zero attached hydrogens (tertiary/aromatic N) is 5. The van der Waals surface area contributed by atoms with E-state index in [2.05, 4.69) is 20.1 Å². The van der Waals surface area contributed by atoms with Gasteiger partial charge in [0.25, 0.3) is 5.91 Å². The maximum absolute atomic E-state index is 13.8. The molecule has 0 radical (unpaired) electrons. The summed E-state index contributed by atoms with van der Waals surface area (Å²) >= 11 is 1.71. The molecule has 1 amide bonds. The van der Waals surface area contributed by atoms with Gasteiger partial charge in [0.1, 0.15) is 10.8 Å². The van der Waals surface area contributed by atoms with Gasteiger partial charge in [-0.1, -0.05) is 30.6 Å². The molecule has 0 atom stereocenters. The molecule has 1 aromatic carbocycles. The van der Waals surface area contributed by atoms with Crippen molar-refractivity contribution < 1.29 is 9.18 Å². The first-order chi connectivity index (χ1) is 15.1. The summed E-state index contributed by atoms with van der Waals surface area (Å²) in [6.45, 7) is 4.52. The van der Waals surface area contributed by atoms with E-state index in [1.54, 1.807) is 23.5 Å². The molecule has 8 heteroatoms. The second kappa shape index (κ2) is 8.49. The highest BCUT2D eigenvalue weighted by atomic mass is 32.1. The maximum atomic E-state index is 13.8. The van der Waals surface area contributed by atoms with Crippen LogP contribution in [0.1, 0.15) is 59.1 Å². The third-order valence-corrected chi connectivity index (χ3v) is 7.50. The Morgan fingerprint density at radius 2 is 1.84 bits per heavy atom. The first-order valence-electron chi connectivity index (χ1n) is 11.0. The molecule has 0 N–H and O–H groups in total. The van der Waals surface area contributed by atoms with Crippen LogP contribution in [0.4, 0.5) is 9.52 Å². The molecule has 3 aromatic rings. The number of anilines is 1. The Hall–Kier alpha value is -2.61.